The van der Waals surface area contributed by atoms with Crippen molar-refractivity contribution in [2.45, 2.75) is 31.6 Å². The van der Waals surface area contributed by atoms with Crippen LogP contribution in [0.2, 0.25) is 5.02 Å². The van der Waals surface area contributed by atoms with Gasteiger partial charge in [0, 0.05) is 28.1 Å². The largest absolute Gasteiger partial charge is 0.303 e. The fourth-order valence-corrected chi connectivity index (χ4v) is 5.24. The molecule has 0 spiro atoms. The van der Waals surface area contributed by atoms with Crippen molar-refractivity contribution in [2.75, 3.05) is 26.2 Å². The summed E-state index contributed by atoms with van der Waals surface area (Å²) < 4.78 is 0. The number of imide groups is 1. The van der Waals surface area contributed by atoms with Gasteiger partial charge in [0.05, 0.1) is 0 Å². The van der Waals surface area contributed by atoms with E-state index in [-0.39, 0.29) is 11.8 Å². The highest BCUT2D eigenvalue weighted by molar-refractivity contribution is 6.30. The average Bonchev–Trinajstić information content (AvgIpc) is 2.83. The molecular formula is C27H27ClN2O2. The molecule has 0 bridgehead atoms. The van der Waals surface area contributed by atoms with E-state index in [1.165, 1.54) is 10.5 Å². The quantitative estimate of drug-likeness (QED) is 0.357. The number of hydrogen-bond acceptors (Lipinski definition) is 3. The van der Waals surface area contributed by atoms with Gasteiger partial charge in [-0.3, -0.25) is 14.5 Å². The van der Waals surface area contributed by atoms with Crippen molar-refractivity contribution in [1.29, 1.82) is 0 Å². The summed E-state index contributed by atoms with van der Waals surface area (Å²) in [7, 11) is 0. The monoisotopic (exact) mass is 446 g/mol. The maximum atomic E-state index is 13.0. The summed E-state index contributed by atoms with van der Waals surface area (Å²) in [5.41, 5.74) is 2.66. The van der Waals surface area contributed by atoms with Crippen LogP contribution >= 0.6 is 11.6 Å². The molecule has 0 atom stereocenters. The van der Waals surface area contributed by atoms with Crippen LogP contribution in [0.5, 0.6) is 0 Å². The van der Waals surface area contributed by atoms with Crippen LogP contribution in [0.1, 0.15) is 57.9 Å². The first-order chi connectivity index (χ1) is 15.6. The van der Waals surface area contributed by atoms with Crippen LogP contribution in [0.3, 0.4) is 0 Å². The van der Waals surface area contributed by atoms with Crippen molar-refractivity contribution in [3.8, 4) is 0 Å². The highest BCUT2D eigenvalue weighted by Crippen LogP contribution is 2.31. The predicted octanol–water partition coefficient (Wildman–Crippen LogP) is 5.75. The topological polar surface area (TPSA) is 40.6 Å². The Balaban J connectivity index is 1.13. The van der Waals surface area contributed by atoms with Crippen LogP contribution < -0.4 is 0 Å². The number of likely N-dealkylation sites (tertiary alicyclic amines) is 1. The Morgan fingerprint density at radius 3 is 2.00 bits per heavy atom. The van der Waals surface area contributed by atoms with Gasteiger partial charge >= 0.3 is 0 Å². The first kappa shape index (κ1) is 21.2. The summed E-state index contributed by atoms with van der Waals surface area (Å²) in [6.45, 7) is 3.66. The molecular weight excluding hydrogens is 420 g/mol. The minimum absolute atomic E-state index is 0.164. The SMILES string of the molecule is O=C1c2cccc3cccc(c23)C(=O)N1CCCCN1CCC(c2ccc(Cl)cc2)CC1. The number of benzene rings is 3. The van der Waals surface area contributed by atoms with Gasteiger partial charge in [0.1, 0.15) is 0 Å². The molecule has 2 aliphatic rings. The second kappa shape index (κ2) is 9.05. The molecule has 5 rings (SSSR count). The maximum absolute atomic E-state index is 13.0. The van der Waals surface area contributed by atoms with Crippen molar-refractivity contribution in [1.82, 2.24) is 9.80 Å². The zero-order valence-electron chi connectivity index (χ0n) is 18.1. The molecule has 0 aromatic heterocycles. The van der Waals surface area contributed by atoms with Gasteiger partial charge in [0.15, 0.2) is 0 Å². The van der Waals surface area contributed by atoms with Gasteiger partial charge in [-0.1, -0.05) is 48.0 Å². The number of carbonyl (C=O) groups is 2. The lowest BCUT2D eigenvalue weighted by Gasteiger charge is -2.32. The molecule has 3 aromatic carbocycles. The Hall–Kier alpha value is -2.69. The van der Waals surface area contributed by atoms with Gasteiger partial charge in [-0.15, -0.1) is 0 Å². The molecule has 0 saturated carbocycles. The van der Waals surface area contributed by atoms with E-state index in [1.54, 1.807) is 0 Å². The van der Waals surface area contributed by atoms with Crippen molar-refractivity contribution >= 4 is 34.2 Å². The summed E-state index contributed by atoms with van der Waals surface area (Å²) in [6.07, 6.45) is 4.12. The fourth-order valence-electron chi connectivity index (χ4n) is 5.11. The molecule has 32 heavy (non-hydrogen) atoms. The normalized spacial score (nSPS) is 17.3. The van der Waals surface area contributed by atoms with Gasteiger partial charge in [-0.05, 0) is 86.5 Å². The number of amides is 2. The first-order valence-electron chi connectivity index (χ1n) is 11.5. The molecule has 3 aromatic rings. The number of unbranched alkanes of at least 4 members (excludes halogenated alkanes) is 1. The van der Waals surface area contributed by atoms with E-state index < -0.39 is 0 Å². The Morgan fingerprint density at radius 2 is 1.38 bits per heavy atom. The van der Waals surface area contributed by atoms with E-state index in [0.717, 1.165) is 61.1 Å². The molecule has 0 aliphatic carbocycles. The lowest BCUT2D eigenvalue weighted by atomic mass is 9.89. The van der Waals surface area contributed by atoms with Crippen molar-refractivity contribution in [3.63, 3.8) is 0 Å². The van der Waals surface area contributed by atoms with Crippen LogP contribution in [-0.4, -0.2) is 47.8 Å². The molecule has 2 aliphatic heterocycles. The molecule has 1 fully saturated rings. The molecule has 0 N–H and O–H groups in total. The van der Waals surface area contributed by atoms with Crippen LogP contribution in [0.25, 0.3) is 10.8 Å². The fraction of sp³-hybridized carbons (Fsp3) is 0.333. The molecule has 2 heterocycles. The van der Waals surface area contributed by atoms with Gasteiger partial charge < -0.3 is 4.90 Å². The minimum atomic E-state index is -0.164. The second-order valence-electron chi connectivity index (χ2n) is 8.85. The molecule has 5 heteroatoms. The van der Waals surface area contributed by atoms with E-state index in [4.69, 9.17) is 11.6 Å². The summed E-state index contributed by atoms with van der Waals surface area (Å²) in [4.78, 5) is 29.9. The van der Waals surface area contributed by atoms with E-state index in [1.807, 2.05) is 48.5 Å². The zero-order chi connectivity index (χ0) is 22.1. The average molecular weight is 447 g/mol. The van der Waals surface area contributed by atoms with E-state index in [0.29, 0.717) is 23.6 Å². The van der Waals surface area contributed by atoms with E-state index in [2.05, 4.69) is 17.0 Å². The maximum Gasteiger partial charge on any atom is 0.261 e. The number of hydrogen-bond donors (Lipinski definition) is 0. The lowest BCUT2D eigenvalue weighted by Crippen LogP contribution is -2.41. The number of nitrogens with zero attached hydrogens (tertiary/aromatic N) is 2. The third-order valence-corrected chi connectivity index (χ3v) is 7.14. The number of halogens is 1. The number of rotatable bonds is 6. The van der Waals surface area contributed by atoms with Gasteiger partial charge in [-0.2, -0.15) is 0 Å². The highest BCUT2D eigenvalue weighted by Gasteiger charge is 2.32. The predicted molar refractivity (Wildman–Crippen MR) is 128 cm³/mol. The van der Waals surface area contributed by atoms with Crippen LogP contribution in [0, 0.1) is 0 Å². The third kappa shape index (κ3) is 4.05. The standard InChI is InChI=1S/C27H27ClN2O2/c28-22-11-9-19(10-12-22)20-13-17-29(18-14-20)15-1-2-16-30-26(31)23-7-3-5-21-6-4-8-24(25(21)23)27(30)32/h3-12,20H,1-2,13-18H2. The van der Waals surface area contributed by atoms with Crippen molar-refractivity contribution in [3.05, 3.63) is 82.4 Å². The number of carbonyl (C=O) groups excluding carboxylic acids is 2. The smallest absolute Gasteiger partial charge is 0.261 e. The van der Waals surface area contributed by atoms with Gasteiger partial charge in [0.25, 0.3) is 11.8 Å². The summed E-state index contributed by atoms with van der Waals surface area (Å²) in [6, 6.07) is 19.6. The molecule has 1 saturated heterocycles. The molecule has 4 nitrogen and oxygen atoms in total. The summed E-state index contributed by atoms with van der Waals surface area (Å²) >= 11 is 6.01. The summed E-state index contributed by atoms with van der Waals surface area (Å²) in [5.74, 6) is 0.279. The minimum Gasteiger partial charge on any atom is -0.303 e. The third-order valence-electron chi connectivity index (χ3n) is 6.89. The molecule has 0 unspecified atom stereocenters. The van der Waals surface area contributed by atoms with E-state index in [9.17, 15) is 9.59 Å². The van der Waals surface area contributed by atoms with Gasteiger partial charge in [0.2, 0.25) is 0 Å². The van der Waals surface area contributed by atoms with Crippen LogP contribution in [0.4, 0.5) is 0 Å². The molecule has 2 amide bonds. The Labute approximate surface area is 193 Å². The lowest BCUT2D eigenvalue weighted by molar-refractivity contribution is 0.0606. The van der Waals surface area contributed by atoms with E-state index >= 15 is 0 Å². The van der Waals surface area contributed by atoms with Crippen molar-refractivity contribution in [2.24, 2.45) is 0 Å². The first-order valence-corrected chi connectivity index (χ1v) is 11.9. The molecule has 164 valence electrons. The zero-order valence-corrected chi connectivity index (χ0v) is 18.9. The summed E-state index contributed by atoms with van der Waals surface area (Å²) in [5, 5.41) is 2.53. The van der Waals surface area contributed by atoms with Crippen molar-refractivity contribution < 1.29 is 9.59 Å². The Bertz CT molecular complexity index is 1100. The Kier molecular flexibility index (Phi) is 5.99. The van der Waals surface area contributed by atoms with Crippen LogP contribution in [0.15, 0.2) is 60.7 Å². The number of piperidine rings is 1. The van der Waals surface area contributed by atoms with Crippen LogP contribution in [-0.2, 0) is 0 Å². The highest BCUT2D eigenvalue weighted by atomic mass is 35.5. The Morgan fingerprint density at radius 1 is 0.781 bits per heavy atom. The molecule has 0 radical (unpaired) electrons. The second-order valence-corrected chi connectivity index (χ2v) is 9.28. The van der Waals surface area contributed by atoms with Gasteiger partial charge in [-0.25, -0.2) is 0 Å².